The van der Waals surface area contributed by atoms with Crippen LogP contribution in [-0.2, 0) is 0 Å². The molecule has 0 aliphatic carbocycles. The summed E-state index contributed by atoms with van der Waals surface area (Å²) in [7, 11) is 5.63. The normalized spacial score (nSPS) is 9.58. The summed E-state index contributed by atoms with van der Waals surface area (Å²) in [6, 6.07) is 6.87. The molecule has 33 heavy (non-hydrogen) atoms. The predicted octanol–water partition coefficient (Wildman–Crippen LogP) is 1.29. The van der Waals surface area contributed by atoms with Crippen molar-refractivity contribution in [2.24, 2.45) is 0 Å². The summed E-state index contributed by atoms with van der Waals surface area (Å²) in [6.07, 6.45) is 0. The van der Waals surface area contributed by atoms with Crippen LogP contribution in [0.15, 0.2) is 30.3 Å². The number of carbonyl (C=O) groups is 1. The third-order valence-electron chi connectivity index (χ3n) is 3.76. The molecule has 0 fully saturated rings. The van der Waals surface area contributed by atoms with Crippen LogP contribution in [0.2, 0.25) is 0 Å². The Hall–Kier alpha value is -2.35. The van der Waals surface area contributed by atoms with Crippen molar-refractivity contribution in [3.63, 3.8) is 0 Å². The number of carboxylic acids is 1. The Morgan fingerprint density at radius 3 is 1.30 bits per heavy atom. The van der Waals surface area contributed by atoms with E-state index in [1.807, 2.05) is 0 Å². The van der Waals surface area contributed by atoms with Crippen LogP contribution < -0.4 is 28.4 Å². The molecule has 0 spiro atoms. The molecule has 166 valence electrons. The quantitative estimate of drug-likeness (QED) is 0.442. The molecule has 0 radical (unpaired) electrons. The molecular formula is C19H20N4Na2O8. The fourth-order valence-electron chi connectivity index (χ4n) is 2.37. The van der Waals surface area contributed by atoms with Gasteiger partial charge in [0.1, 0.15) is 17.1 Å². The van der Waals surface area contributed by atoms with Gasteiger partial charge in [-0.05, 0) is 12.1 Å². The molecule has 0 aliphatic rings. The van der Waals surface area contributed by atoms with Gasteiger partial charge in [0, 0.05) is 0 Å². The van der Waals surface area contributed by atoms with Crippen LogP contribution in [0.1, 0.15) is 10.4 Å². The van der Waals surface area contributed by atoms with Crippen molar-refractivity contribution in [1.82, 2.24) is 19.9 Å². The van der Waals surface area contributed by atoms with Gasteiger partial charge in [-0.2, -0.15) is 19.9 Å². The minimum atomic E-state index is -1.32. The number of benzene rings is 1. The van der Waals surface area contributed by atoms with Crippen molar-refractivity contribution < 1.29 is 38.3 Å². The second-order valence-electron chi connectivity index (χ2n) is 5.61. The Balaban J connectivity index is 0.00000272. The number of rotatable bonds is 9. The van der Waals surface area contributed by atoms with Gasteiger partial charge in [0.05, 0.1) is 40.6 Å². The second kappa shape index (κ2) is 13.4. The van der Waals surface area contributed by atoms with E-state index < -0.39 is 5.97 Å². The van der Waals surface area contributed by atoms with Crippen LogP contribution in [-0.4, -0.2) is 119 Å². The van der Waals surface area contributed by atoms with Crippen LogP contribution in [0.5, 0.6) is 47.0 Å². The molecule has 0 bridgehead atoms. The molecule has 0 amide bonds. The van der Waals surface area contributed by atoms with Crippen LogP contribution in [0.25, 0.3) is 0 Å². The van der Waals surface area contributed by atoms with Crippen molar-refractivity contribution in [1.29, 1.82) is 0 Å². The molecule has 1 aromatic carbocycles. The Morgan fingerprint density at radius 1 is 0.697 bits per heavy atom. The van der Waals surface area contributed by atoms with E-state index in [9.17, 15) is 9.90 Å². The van der Waals surface area contributed by atoms with Crippen molar-refractivity contribution in [3.8, 4) is 47.0 Å². The van der Waals surface area contributed by atoms with E-state index in [0.29, 0.717) is 0 Å². The predicted molar refractivity (Wildman–Crippen MR) is 118 cm³/mol. The van der Waals surface area contributed by atoms with E-state index in [-0.39, 0.29) is 112 Å². The first-order chi connectivity index (χ1) is 15.0. The number of nitrogens with zero attached hydrogens (tertiary/aromatic N) is 4. The third-order valence-corrected chi connectivity index (χ3v) is 3.76. The first-order valence-electron chi connectivity index (χ1n) is 8.63. The van der Waals surface area contributed by atoms with Crippen LogP contribution in [0.3, 0.4) is 0 Å². The first kappa shape index (κ1) is 28.7. The molecule has 12 nitrogen and oxygen atoms in total. The molecule has 0 saturated carbocycles. The number of aromatic nitrogens is 4. The van der Waals surface area contributed by atoms with Gasteiger partial charge in [0.25, 0.3) is 0 Å². The van der Waals surface area contributed by atoms with Gasteiger partial charge in [0.15, 0.2) is 0 Å². The molecule has 14 heteroatoms. The van der Waals surface area contributed by atoms with E-state index in [4.69, 9.17) is 28.4 Å². The van der Waals surface area contributed by atoms with E-state index >= 15 is 0 Å². The van der Waals surface area contributed by atoms with Gasteiger partial charge in [-0.3, -0.25) is 0 Å². The fourth-order valence-corrected chi connectivity index (χ4v) is 2.37. The second-order valence-corrected chi connectivity index (χ2v) is 5.61. The summed E-state index contributed by atoms with van der Waals surface area (Å²) in [4.78, 5) is 28.1. The summed E-state index contributed by atoms with van der Waals surface area (Å²) >= 11 is 0. The Kier molecular flexibility index (Phi) is 11.6. The van der Waals surface area contributed by atoms with Crippen LogP contribution in [0, 0.1) is 0 Å². The Morgan fingerprint density at radius 2 is 1.03 bits per heavy atom. The van der Waals surface area contributed by atoms with Crippen molar-refractivity contribution >= 4 is 65.1 Å². The fraction of sp³-hybridized carbons (Fsp3) is 0.211. The van der Waals surface area contributed by atoms with Crippen molar-refractivity contribution in [2.75, 3.05) is 28.4 Å². The third kappa shape index (κ3) is 7.32. The van der Waals surface area contributed by atoms with E-state index in [0.717, 1.165) is 0 Å². The van der Waals surface area contributed by atoms with Crippen LogP contribution in [0.4, 0.5) is 0 Å². The number of methoxy groups -OCH3 is 4. The Labute approximate surface area is 233 Å². The Bertz CT molecular complexity index is 983. The number of carboxylic acid groups (broad SMARTS) is 1. The summed E-state index contributed by atoms with van der Waals surface area (Å²) in [6.45, 7) is 0. The topological polar surface area (TPSA) is 144 Å². The molecule has 0 unspecified atom stereocenters. The molecule has 2 heterocycles. The molecule has 0 saturated heterocycles. The van der Waals surface area contributed by atoms with Crippen molar-refractivity contribution in [3.05, 3.63) is 35.9 Å². The van der Waals surface area contributed by atoms with E-state index in [2.05, 4.69) is 19.9 Å². The van der Waals surface area contributed by atoms with Gasteiger partial charge in [-0.25, -0.2) is 4.79 Å². The molecule has 0 aliphatic heterocycles. The van der Waals surface area contributed by atoms with Gasteiger partial charge < -0.3 is 33.5 Å². The summed E-state index contributed by atoms with van der Waals surface area (Å²) in [5, 5.41) is 9.77. The first-order valence-corrected chi connectivity index (χ1v) is 8.63. The summed E-state index contributed by atoms with van der Waals surface area (Å²) in [5.41, 5.74) is -0.307. The zero-order chi connectivity index (χ0) is 22.4. The number of hydrogen-bond acceptors (Lipinski definition) is 11. The minimum absolute atomic E-state index is 0. The molecule has 3 rings (SSSR count). The molecule has 0 atom stereocenters. The van der Waals surface area contributed by atoms with E-state index in [1.165, 1.54) is 58.8 Å². The number of hydrogen-bond donors (Lipinski definition) is 1. The zero-order valence-electron chi connectivity index (χ0n) is 17.0. The average molecular weight is 478 g/mol. The summed E-state index contributed by atoms with van der Waals surface area (Å²) < 4.78 is 31.4. The monoisotopic (exact) mass is 478 g/mol. The molecule has 1 N–H and O–H groups in total. The van der Waals surface area contributed by atoms with Crippen molar-refractivity contribution in [2.45, 2.75) is 0 Å². The van der Waals surface area contributed by atoms with Gasteiger partial charge in [-0.15, -0.1) is 0 Å². The van der Waals surface area contributed by atoms with Gasteiger partial charge >= 0.3 is 77.1 Å². The standard InChI is InChI=1S/C19H18N4O8.2Na.2H/c1-26-12-8-13(27-2)21-18(20-12)30-10-6-5-7-11(16(10)17(24)25)31-19-22-14(28-3)9-15(23-19)29-4;;;;/h5-9H,1-4H3,(H,24,25);;;;. The van der Waals surface area contributed by atoms with E-state index in [1.54, 1.807) is 0 Å². The number of ether oxygens (including phenoxy) is 6. The summed E-state index contributed by atoms with van der Waals surface area (Å²) in [5.74, 6) is -0.822. The van der Waals surface area contributed by atoms with Gasteiger partial charge in [0.2, 0.25) is 23.5 Å². The molecular weight excluding hydrogens is 458 g/mol. The zero-order valence-corrected chi connectivity index (χ0v) is 17.0. The maximum absolute atomic E-state index is 12.0. The molecule has 2 aromatic heterocycles. The molecule has 3 aromatic rings. The number of aromatic carboxylic acids is 1. The SMILES string of the molecule is COc1cc(OC)nc(Oc2cccc(Oc3nc(OC)cc(OC)n3)c2C(=O)O)n1.[NaH].[NaH]. The van der Waals surface area contributed by atoms with Gasteiger partial charge in [-0.1, -0.05) is 6.07 Å². The van der Waals surface area contributed by atoms with Crippen LogP contribution >= 0.6 is 0 Å². The maximum atomic E-state index is 12.0. The average Bonchev–Trinajstić information content (AvgIpc) is 2.78.